The summed E-state index contributed by atoms with van der Waals surface area (Å²) in [6, 6.07) is 1.23. The van der Waals surface area contributed by atoms with Crippen molar-refractivity contribution in [2.24, 2.45) is 5.92 Å². The minimum absolute atomic E-state index is 0.0361. The molecule has 22 heteroatoms. The van der Waals surface area contributed by atoms with Crippen molar-refractivity contribution in [2.45, 2.75) is 211 Å². The molecule has 0 radical (unpaired) electrons. The van der Waals surface area contributed by atoms with Gasteiger partial charge in [-0.15, -0.1) is 0 Å². The third kappa shape index (κ3) is 30.0. The Balaban J connectivity index is 1.87. The van der Waals surface area contributed by atoms with Crippen molar-refractivity contribution < 1.29 is 76.5 Å². The fourth-order valence-corrected chi connectivity index (χ4v) is 9.59. The molecule has 0 amide bonds. The van der Waals surface area contributed by atoms with Crippen LogP contribution >= 0.6 is 15.6 Å². The maximum atomic E-state index is 12.9. The monoisotopic (exact) mass is 1050 g/mol. The van der Waals surface area contributed by atoms with Gasteiger partial charge in [0.25, 0.3) is 0 Å². The summed E-state index contributed by atoms with van der Waals surface area (Å²) in [5, 5.41) is 41.8. The van der Waals surface area contributed by atoms with Crippen LogP contribution in [-0.2, 0) is 46.3 Å². The van der Waals surface area contributed by atoms with Gasteiger partial charge < -0.3 is 50.2 Å². The van der Waals surface area contributed by atoms with Crippen molar-refractivity contribution in [1.29, 1.82) is 0 Å². The number of aliphatic hydroxyl groups excluding tert-OH is 4. The highest BCUT2D eigenvalue weighted by Crippen LogP contribution is 2.60. The van der Waals surface area contributed by atoms with Crippen molar-refractivity contribution in [3.05, 3.63) is 59.2 Å². The number of carbonyl (C=O) groups is 2. The number of nitrogens with zero attached hydrogens (tertiary/aromatic N) is 2. The van der Waals surface area contributed by atoms with E-state index in [1.54, 1.807) is 6.08 Å². The zero-order chi connectivity index (χ0) is 52.5. The quantitative estimate of drug-likeness (QED) is 0.0141. The number of unbranched alkanes of at least 4 members (excludes halogenated alkanes) is 13. The molecule has 1 fully saturated rings. The summed E-state index contributed by atoms with van der Waals surface area (Å²) in [5.41, 5.74) is 4.56. The number of allylic oxidation sites excluding steroid dienone is 5. The van der Waals surface area contributed by atoms with Crippen LogP contribution in [0.15, 0.2) is 53.5 Å². The largest absolute Gasteiger partial charge is 0.481 e. The number of nitrogens with two attached hydrogens (primary N) is 1. The molecule has 9 atom stereocenters. The summed E-state index contributed by atoms with van der Waals surface area (Å²) in [6.45, 7) is 4.13. The summed E-state index contributed by atoms with van der Waals surface area (Å²) in [4.78, 5) is 61.9. The number of nitrogen functional groups attached to an aromatic ring is 1. The average molecular weight is 1050 g/mol. The lowest BCUT2D eigenvalue weighted by atomic mass is 10.0. The molecule has 0 aliphatic carbocycles. The van der Waals surface area contributed by atoms with E-state index >= 15 is 0 Å². The van der Waals surface area contributed by atoms with Crippen LogP contribution in [0.1, 0.15) is 175 Å². The Morgan fingerprint density at radius 3 is 1.99 bits per heavy atom. The molecule has 0 saturated carbocycles. The maximum Gasteiger partial charge on any atom is 0.481 e. The SMILES string of the molecule is CCCCC/C=C\C/C=C\C/C=C\CC(O)C(O)CCCC(=O)O[C@H](COC(=O)CCCCCCCCCCCCCC(C)C)COP(=O)(O)OP(=O)(O)OC[C@H]1O[C@@H](n2ccc(N)nc2=O)[C@H](O)[C@@H]1O. The van der Waals surface area contributed by atoms with Gasteiger partial charge in [0.1, 0.15) is 30.7 Å². The molecule has 1 aliphatic rings. The molecule has 4 unspecified atom stereocenters. The molecule has 1 aromatic heterocycles. The number of aromatic nitrogens is 2. The van der Waals surface area contributed by atoms with E-state index in [9.17, 15) is 53.7 Å². The van der Waals surface area contributed by atoms with Crippen LogP contribution in [0.25, 0.3) is 0 Å². The maximum absolute atomic E-state index is 12.9. The summed E-state index contributed by atoms with van der Waals surface area (Å²) in [6.07, 6.45) is 22.5. The normalized spacial score (nSPS) is 20.4. The van der Waals surface area contributed by atoms with E-state index in [0.717, 1.165) is 55.2 Å². The molecule has 0 aromatic carbocycles. The summed E-state index contributed by atoms with van der Waals surface area (Å²) in [7, 11) is -11.0. The highest BCUT2D eigenvalue weighted by molar-refractivity contribution is 7.61. The van der Waals surface area contributed by atoms with E-state index in [-0.39, 0.29) is 37.9 Å². The number of esters is 2. The van der Waals surface area contributed by atoms with E-state index in [0.29, 0.717) is 12.8 Å². The number of anilines is 1. The van der Waals surface area contributed by atoms with Crippen molar-refractivity contribution in [1.82, 2.24) is 9.55 Å². The number of carbonyl (C=O) groups excluding carboxylic acids is 2. The molecule has 71 heavy (non-hydrogen) atoms. The topological polar surface area (TPSA) is 306 Å². The number of hydrogen-bond acceptors (Lipinski definition) is 17. The third-order valence-electron chi connectivity index (χ3n) is 11.6. The Morgan fingerprint density at radius 2 is 1.35 bits per heavy atom. The van der Waals surface area contributed by atoms with Crippen LogP contribution in [0.4, 0.5) is 5.82 Å². The van der Waals surface area contributed by atoms with Gasteiger partial charge in [-0.1, -0.05) is 141 Å². The van der Waals surface area contributed by atoms with E-state index < -0.39 is 95.9 Å². The molecule has 0 spiro atoms. The number of phosphoric acid groups is 2. The molecule has 0 bridgehead atoms. The molecule has 2 rings (SSSR count). The lowest BCUT2D eigenvalue weighted by Gasteiger charge is -2.22. The second-order valence-electron chi connectivity index (χ2n) is 18.5. The van der Waals surface area contributed by atoms with Gasteiger partial charge in [-0.25, -0.2) is 13.9 Å². The molecule has 2 heterocycles. The standard InChI is InChI=1S/C49H85N3O17P2/c1-4-5-6-7-8-9-10-13-16-19-22-25-29-40(53)41(54)30-27-32-45(56)67-39(35-64-44(55)31-26-23-20-17-14-11-12-15-18-21-24-28-38(2)3)36-65-70(60,61)69-71(62,63)66-37-42-46(57)47(58)48(68-42)52-34-33-43(50)51-49(52)59/h8-9,13,16,22,25,33-34,38-42,46-48,53-54,57-58H,4-7,10-12,14-15,17-21,23-24,26-32,35-37H2,1-3H3,(H,60,61)(H,62,63)(H2,50,51,59)/b9-8-,16-13-,25-22-/t39-,40?,41?,42-,46-,47-,48-/m1/s1. The molecule has 1 saturated heterocycles. The first-order chi connectivity index (χ1) is 33.8. The van der Waals surface area contributed by atoms with Crippen molar-refractivity contribution >= 4 is 33.4 Å². The van der Waals surface area contributed by atoms with Crippen molar-refractivity contribution in [3.8, 4) is 0 Å². The second-order valence-corrected chi connectivity index (χ2v) is 21.5. The fourth-order valence-electron chi connectivity index (χ4n) is 7.48. The number of hydrogen-bond donors (Lipinski definition) is 7. The Labute approximate surface area is 420 Å². The Bertz CT molecular complexity index is 1880. The van der Waals surface area contributed by atoms with Crippen LogP contribution in [0.5, 0.6) is 0 Å². The van der Waals surface area contributed by atoms with Gasteiger partial charge in [0, 0.05) is 19.0 Å². The summed E-state index contributed by atoms with van der Waals surface area (Å²) < 4.78 is 56.5. The number of aliphatic hydroxyl groups is 4. The van der Waals surface area contributed by atoms with Gasteiger partial charge in [0.05, 0.1) is 25.4 Å². The molecular formula is C49H85N3O17P2. The summed E-state index contributed by atoms with van der Waals surface area (Å²) >= 11 is 0. The van der Waals surface area contributed by atoms with E-state index in [1.807, 2.05) is 12.2 Å². The average Bonchev–Trinajstić information content (AvgIpc) is 3.59. The highest BCUT2D eigenvalue weighted by Gasteiger charge is 2.46. The first kappa shape index (κ1) is 64.0. The first-order valence-electron chi connectivity index (χ1n) is 25.5. The molecular weight excluding hydrogens is 964 g/mol. The van der Waals surface area contributed by atoms with E-state index in [4.69, 9.17) is 29.0 Å². The number of phosphoric ester groups is 2. The minimum atomic E-state index is -5.50. The van der Waals surface area contributed by atoms with Crippen LogP contribution < -0.4 is 11.4 Å². The smallest absolute Gasteiger partial charge is 0.462 e. The zero-order valence-corrected chi connectivity index (χ0v) is 44.0. The van der Waals surface area contributed by atoms with Crippen LogP contribution in [0.3, 0.4) is 0 Å². The Morgan fingerprint density at radius 1 is 0.761 bits per heavy atom. The molecule has 1 aromatic rings. The first-order valence-corrected chi connectivity index (χ1v) is 28.5. The molecule has 1 aliphatic heterocycles. The van der Waals surface area contributed by atoms with Crippen molar-refractivity contribution in [2.75, 3.05) is 25.6 Å². The van der Waals surface area contributed by atoms with Gasteiger partial charge >= 0.3 is 33.3 Å². The van der Waals surface area contributed by atoms with E-state index in [2.05, 4.69) is 48.3 Å². The molecule has 408 valence electrons. The predicted molar refractivity (Wildman–Crippen MR) is 268 cm³/mol. The number of rotatable bonds is 41. The molecule has 8 N–H and O–H groups in total. The van der Waals surface area contributed by atoms with Crippen molar-refractivity contribution in [3.63, 3.8) is 0 Å². The summed E-state index contributed by atoms with van der Waals surface area (Å²) in [5.74, 6) is -0.842. The second kappa shape index (κ2) is 36.8. The predicted octanol–water partition coefficient (Wildman–Crippen LogP) is 8.19. The van der Waals surface area contributed by atoms with Gasteiger partial charge in [0.15, 0.2) is 12.3 Å². The van der Waals surface area contributed by atoms with Crippen LogP contribution in [0.2, 0.25) is 0 Å². The zero-order valence-electron chi connectivity index (χ0n) is 42.2. The van der Waals surface area contributed by atoms with Crippen LogP contribution in [0, 0.1) is 5.92 Å². The molecule has 20 nitrogen and oxygen atoms in total. The van der Waals surface area contributed by atoms with Gasteiger partial charge in [0.2, 0.25) is 0 Å². The van der Waals surface area contributed by atoms with E-state index in [1.165, 1.54) is 70.3 Å². The Kier molecular flexibility index (Phi) is 33.1. The highest BCUT2D eigenvalue weighted by atomic mass is 31.3. The van der Waals surface area contributed by atoms with Gasteiger partial charge in [-0.05, 0) is 63.4 Å². The lowest BCUT2D eigenvalue weighted by molar-refractivity contribution is -0.161. The Hall–Kier alpha value is -3.10. The van der Waals surface area contributed by atoms with Gasteiger partial charge in [-0.3, -0.25) is 23.2 Å². The van der Waals surface area contributed by atoms with Crippen LogP contribution in [-0.4, -0.2) is 108 Å². The third-order valence-corrected chi connectivity index (χ3v) is 14.2. The van der Waals surface area contributed by atoms with Gasteiger partial charge in [-0.2, -0.15) is 9.29 Å². The number of ether oxygens (including phenoxy) is 3. The lowest BCUT2D eigenvalue weighted by Crippen LogP contribution is -2.36. The fraction of sp³-hybridized carbons (Fsp3) is 0.755. The minimum Gasteiger partial charge on any atom is -0.462 e.